The molecule has 19 heavy (non-hydrogen) atoms. The quantitative estimate of drug-likeness (QED) is 0.633. The monoisotopic (exact) mass is 272 g/mol. The minimum atomic E-state index is -0.202. The lowest BCUT2D eigenvalue weighted by Gasteiger charge is -2.20. The molecule has 0 aromatic rings. The molecule has 2 N–H and O–H groups in total. The van der Waals surface area contributed by atoms with E-state index in [-0.39, 0.29) is 24.1 Å². The zero-order valence-electron chi connectivity index (χ0n) is 11.7. The molecule has 0 aliphatic carbocycles. The van der Waals surface area contributed by atoms with Gasteiger partial charge in [-0.3, -0.25) is 9.59 Å². The lowest BCUT2D eigenvalue weighted by atomic mass is 10.1. The van der Waals surface area contributed by atoms with E-state index in [1.807, 2.05) is 0 Å². The summed E-state index contributed by atoms with van der Waals surface area (Å²) < 4.78 is 10.8. The van der Waals surface area contributed by atoms with Crippen molar-refractivity contribution in [2.75, 3.05) is 19.8 Å². The molecule has 0 radical (unpaired) electrons. The van der Waals surface area contributed by atoms with Crippen molar-refractivity contribution in [3.63, 3.8) is 0 Å². The van der Waals surface area contributed by atoms with Crippen molar-refractivity contribution in [1.29, 1.82) is 0 Å². The van der Waals surface area contributed by atoms with Gasteiger partial charge in [0.05, 0.1) is 13.2 Å². The summed E-state index contributed by atoms with van der Waals surface area (Å²) in [5.74, 6) is -0.0453. The second-order valence-electron chi connectivity index (χ2n) is 4.78. The maximum atomic E-state index is 11.2. The number of unbranched alkanes of at least 4 members (excludes halogenated alkanes) is 1. The molecule has 1 saturated heterocycles. The molecular formula is C13H24N2O4. The number of hydrogen-bond donors (Lipinski definition) is 2. The highest BCUT2D eigenvalue weighted by Crippen LogP contribution is 2.14. The molecule has 1 fully saturated rings. The Labute approximate surface area is 114 Å². The highest BCUT2D eigenvalue weighted by atomic mass is 16.7. The number of rotatable bonds is 8. The van der Waals surface area contributed by atoms with Gasteiger partial charge in [0.1, 0.15) is 0 Å². The largest absolute Gasteiger partial charge is 0.356 e. The number of carbonyl (C=O) groups excluding carboxylic acids is 2. The summed E-state index contributed by atoms with van der Waals surface area (Å²) in [4.78, 5) is 21.9. The van der Waals surface area contributed by atoms with Crippen LogP contribution in [0.5, 0.6) is 0 Å². The Morgan fingerprint density at radius 3 is 2.42 bits per heavy atom. The van der Waals surface area contributed by atoms with E-state index in [0.717, 1.165) is 19.3 Å². The minimum absolute atomic E-state index is 0.00818. The Kier molecular flexibility index (Phi) is 7.43. The third-order valence-electron chi connectivity index (χ3n) is 2.93. The Morgan fingerprint density at radius 1 is 1.16 bits per heavy atom. The molecule has 1 atom stereocenters. The van der Waals surface area contributed by atoms with E-state index in [1.54, 1.807) is 0 Å². The zero-order chi connectivity index (χ0) is 14.1. The molecule has 1 aliphatic heterocycles. The Balaban J connectivity index is 2.20. The summed E-state index contributed by atoms with van der Waals surface area (Å²) in [6, 6.07) is 0.0675. The van der Waals surface area contributed by atoms with Gasteiger partial charge in [0.25, 0.3) is 0 Å². The van der Waals surface area contributed by atoms with Crippen LogP contribution in [-0.2, 0) is 19.1 Å². The molecule has 0 aromatic heterocycles. The number of ether oxygens (including phenoxy) is 2. The molecule has 0 spiro atoms. The van der Waals surface area contributed by atoms with Crippen LogP contribution in [0.3, 0.4) is 0 Å². The summed E-state index contributed by atoms with van der Waals surface area (Å²) >= 11 is 0. The molecule has 1 unspecified atom stereocenters. The second kappa shape index (κ2) is 8.87. The van der Waals surface area contributed by atoms with Crippen LogP contribution in [0, 0.1) is 0 Å². The van der Waals surface area contributed by atoms with E-state index in [2.05, 4.69) is 10.6 Å². The minimum Gasteiger partial charge on any atom is -0.356 e. The van der Waals surface area contributed by atoms with Crippen molar-refractivity contribution in [2.45, 2.75) is 51.9 Å². The van der Waals surface area contributed by atoms with Crippen LogP contribution in [0.15, 0.2) is 0 Å². The van der Waals surface area contributed by atoms with Gasteiger partial charge in [-0.25, -0.2) is 0 Å². The van der Waals surface area contributed by atoms with Crippen molar-refractivity contribution >= 4 is 11.8 Å². The molecule has 0 aromatic carbocycles. The molecule has 2 amide bonds. The highest BCUT2D eigenvalue weighted by Gasteiger charge is 2.21. The molecular weight excluding hydrogens is 248 g/mol. The fourth-order valence-corrected chi connectivity index (χ4v) is 2.09. The SMILES string of the molecule is CC(=O)NCCCCC(CC1OCCO1)NC(C)=O. The lowest BCUT2D eigenvalue weighted by molar-refractivity contribution is -0.120. The molecule has 110 valence electrons. The van der Waals surface area contributed by atoms with Crippen LogP contribution in [0.4, 0.5) is 0 Å². The van der Waals surface area contributed by atoms with Crippen molar-refractivity contribution in [3.05, 3.63) is 0 Å². The Morgan fingerprint density at radius 2 is 1.84 bits per heavy atom. The van der Waals surface area contributed by atoms with E-state index in [0.29, 0.717) is 26.2 Å². The van der Waals surface area contributed by atoms with Gasteiger partial charge in [-0.1, -0.05) is 0 Å². The van der Waals surface area contributed by atoms with Gasteiger partial charge >= 0.3 is 0 Å². The average Bonchev–Trinajstić information content (AvgIpc) is 2.80. The molecule has 6 nitrogen and oxygen atoms in total. The van der Waals surface area contributed by atoms with Gasteiger partial charge in [0, 0.05) is 32.9 Å². The molecule has 1 aliphatic rings. The smallest absolute Gasteiger partial charge is 0.217 e. The first kappa shape index (κ1) is 15.9. The third kappa shape index (κ3) is 7.79. The summed E-state index contributed by atoms with van der Waals surface area (Å²) in [7, 11) is 0. The van der Waals surface area contributed by atoms with Crippen LogP contribution >= 0.6 is 0 Å². The highest BCUT2D eigenvalue weighted by molar-refractivity contribution is 5.73. The summed E-state index contributed by atoms with van der Waals surface area (Å²) in [5.41, 5.74) is 0. The van der Waals surface area contributed by atoms with E-state index in [9.17, 15) is 9.59 Å². The van der Waals surface area contributed by atoms with Crippen molar-refractivity contribution in [1.82, 2.24) is 10.6 Å². The predicted molar refractivity (Wildman–Crippen MR) is 70.4 cm³/mol. The normalized spacial score (nSPS) is 17.2. The summed E-state index contributed by atoms with van der Waals surface area (Å²) in [6.07, 6.45) is 3.19. The summed E-state index contributed by atoms with van der Waals surface area (Å²) in [6.45, 7) is 4.95. The van der Waals surface area contributed by atoms with E-state index < -0.39 is 0 Å². The number of hydrogen-bond acceptors (Lipinski definition) is 4. The molecule has 1 heterocycles. The van der Waals surface area contributed by atoms with Gasteiger partial charge in [-0.15, -0.1) is 0 Å². The van der Waals surface area contributed by atoms with Gasteiger partial charge in [0.2, 0.25) is 11.8 Å². The van der Waals surface area contributed by atoms with Crippen molar-refractivity contribution in [3.8, 4) is 0 Å². The first-order valence-electron chi connectivity index (χ1n) is 6.82. The summed E-state index contributed by atoms with van der Waals surface area (Å²) in [5, 5.41) is 5.68. The fourth-order valence-electron chi connectivity index (χ4n) is 2.09. The van der Waals surface area contributed by atoms with E-state index in [1.165, 1.54) is 13.8 Å². The standard InChI is InChI=1S/C13H24N2O4/c1-10(16)14-6-4-3-5-12(15-11(2)17)9-13-18-7-8-19-13/h12-13H,3-9H2,1-2H3,(H,14,16)(H,15,17). The number of amides is 2. The topological polar surface area (TPSA) is 76.7 Å². The van der Waals surface area contributed by atoms with Crippen LogP contribution in [0.1, 0.15) is 39.5 Å². The second-order valence-corrected chi connectivity index (χ2v) is 4.78. The number of carbonyl (C=O) groups is 2. The third-order valence-corrected chi connectivity index (χ3v) is 2.93. The maximum absolute atomic E-state index is 11.2. The fraction of sp³-hybridized carbons (Fsp3) is 0.846. The first-order chi connectivity index (χ1) is 9.08. The van der Waals surface area contributed by atoms with Gasteiger partial charge in [-0.05, 0) is 19.3 Å². The lowest BCUT2D eigenvalue weighted by Crippen LogP contribution is -2.36. The van der Waals surface area contributed by atoms with Gasteiger partial charge in [-0.2, -0.15) is 0 Å². The van der Waals surface area contributed by atoms with Crippen molar-refractivity contribution in [2.24, 2.45) is 0 Å². The van der Waals surface area contributed by atoms with Crippen molar-refractivity contribution < 1.29 is 19.1 Å². The average molecular weight is 272 g/mol. The van der Waals surface area contributed by atoms with Gasteiger partial charge in [0.15, 0.2) is 6.29 Å². The van der Waals surface area contributed by atoms with E-state index in [4.69, 9.17) is 9.47 Å². The van der Waals surface area contributed by atoms with Crippen LogP contribution in [-0.4, -0.2) is 43.9 Å². The molecule has 0 bridgehead atoms. The number of nitrogens with one attached hydrogen (secondary N) is 2. The molecule has 0 saturated carbocycles. The maximum Gasteiger partial charge on any atom is 0.217 e. The molecule has 1 rings (SSSR count). The Hall–Kier alpha value is -1.14. The zero-order valence-corrected chi connectivity index (χ0v) is 11.7. The van der Waals surface area contributed by atoms with Crippen LogP contribution in [0.25, 0.3) is 0 Å². The first-order valence-corrected chi connectivity index (χ1v) is 6.82. The van der Waals surface area contributed by atoms with E-state index >= 15 is 0 Å². The van der Waals surface area contributed by atoms with Gasteiger partial charge < -0.3 is 20.1 Å². The predicted octanol–water partition coefficient (Wildman–Crippen LogP) is 0.560. The van der Waals surface area contributed by atoms with Crippen LogP contribution < -0.4 is 10.6 Å². The van der Waals surface area contributed by atoms with Crippen LogP contribution in [0.2, 0.25) is 0 Å². The molecule has 6 heteroatoms. The Bertz CT molecular complexity index is 290.